The molecular formula is CH2AlFeO2-. The Bertz CT molecular complexity index is 11.6. The Hall–Kier alpha value is 0.522. The molecule has 0 aromatic heterocycles. The van der Waals surface area contributed by atoms with E-state index in [1.54, 1.807) is 0 Å². The quantitative estimate of drug-likeness (QED) is 0.237. The molecule has 0 atom stereocenters. The molecule has 0 saturated carbocycles. The summed E-state index contributed by atoms with van der Waals surface area (Å²) in [7, 11) is 0. The minimum absolute atomic E-state index is 0. The number of hydrogen-bond donors (Lipinski definition) is 0. The molecule has 0 rings (SSSR count). The fourth-order valence-electron chi connectivity index (χ4n) is 0. The molecule has 0 heterocycles. The van der Waals surface area contributed by atoms with E-state index >= 15 is 0 Å². The van der Waals surface area contributed by atoms with Crippen LogP contribution >= 0.6 is 0 Å². The predicted molar refractivity (Wildman–Crippen MR) is 14.6 cm³/mol. The summed E-state index contributed by atoms with van der Waals surface area (Å²) < 4.78 is 8.28. The zero-order chi connectivity index (χ0) is 4.00. The third-order valence-electron chi connectivity index (χ3n) is 0. The van der Waals surface area contributed by atoms with E-state index in [-0.39, 0.29) is 17.1 Å². The van der Waals surface area contributed by atoms with Crippen molar-refractivity contribution in [3.63, 3.8) is 0 Å². The number of rotatable bonds is 0. The van der Waals surface area contributed by atoms with E-state index in [1.807, 2.05) is 0 Å². The van der Waals surface area contributed by atoms with E-state index in [1.165, 1.54) is 0 Å². The summed E-state index contributed by atoms with van der Waals surface area (Å²) in [6.07, 6.45) is 0. The summed E-state index contributed by atoms with van der Waals surface area (Å²) in [4.78, 5) is 7.75. The third kappa shape index (κ3) is 106. The van der Waals surface area contributed by atoms with Gasteiger partial charge in [0.05, 0.1) is 0 Å². The minimum atomic E-state index is 0. The molecule has 0 aromatic rings. The fourth-order valence-corrected chi connectivity index (χ4v) is 0. The molecule has 0 radical (unpaired) electrons. The maximum absolute atomic E-state index is 8.28. The second kappa shape index (κ2) is 206. The van der Waals surface area contributed by atoms with Gasteiger partial charge in [-0.2, -0.15) is 0 Å². The molecule has 0 unspecified atom stereocenters. The Morgan fingerprint density at radius 2 is 1.20 bits per heavy atom. The Labute approximate surface area is 49.0 Å². The first-order valence-corrected chi connectivity index (χ1v) is 1.10. The molecule has 0 fully saturated rings. The first-order chi connectivity index (χ1) is 2.00. The molecule has 0 saturated heterocycles. The molecule has 0 aliphatic rings. The number of hydrogen-bond acceptors (Lipinski definition) is 2. The molecule has 0 spiro atoms. The van der Waals surface area contributed by atoms with Gasteiger partial charge < -0.3 is 4.79 Å². The Morgan fingerprint density at radius 1 is 1.20 bits per heavy atom. The molecule has 0 aliphatic carbocycles. The summed E-state index contributed by atoms with van der Waals surface area (Å²) in [6, 6.07) is 0. The summed E-state index contributed by atoms with van der Waals surface area (Å²) in [5, 5.41) is 0. The summed E-state index contributed by atoms with van der Waals surface area (Å²) in [5.74, 6) is 0. The van der Waals surface area contributed by atoms with E-state index in [0.717, 1.165) is 0 Å². The Kier molecular flexibility index (Phi) is 731. The SMILES string of the molecule is [CH-]=O.[Fe].[O]=[AlH]. The van der Waals surface area contributed by atoms with Crippen LogP contribution < -0.4 is 0 Å². The normalized spacial score (nSPS) is 1.40. The van der Waals surface area contributed by atoms with Crippen molar-refractivity contribution in [3.8, 4) is 0 Å². The maximum atomic E-state index is 8.28. The van der Waals surface area contributed by atoms with Crippen LogP contribution in [0.15, 0.2) is 0 Å². The summed E-state index contributed by atoms with van der Waals surface area (Å²) >= 11 is 0.611. The summed E-state index contributed by atoms with van der Waals surface area (Å²) in [6.45, 7) is 3.25. The van der Waals surface area contributed by atoms with Crippen LogP contribution in [0, 0.1) is 0 Å². The van der Waals surface area contributed by atoms with Crippen LogP contribution in [0.25, 0.3) is 0 Å². The van der Waals surface area contributed by atoms with E-state index in [0.29, 0.717) is 16.2 Å². The molecule has 0 amide bonds. The Morgan fingerprint density at radius 3 is 1.20 bits per heavy atom. The predicted octanol–water partition coefficient (Wildman–Crippen LogP) is -1.04. The molecule has 4 heteroatoms. The molecule has 0 aliphatic heterocycles. The van der Waals surface area contributed by atoms with Gasteiger partial charge in [0.25, 0.3) is 0 Å². The fraction of sp³-hybridized carbons (Fsp3) is 0. The average Bonchev–Trinajstić information content (AvgIpc) is 1.50. The molecule has 5 heavy (non-hydrogen) atoms. The second-order valence-electron chi connectivity index (χ2n) is 0. The van der Waals surface area contributed by atoms with E-state index in [9.17, 15) is 0 Å². The molecular weight excluding hydrogens is 127 g/mol. The van der Waals surface area contributed by atoms with Crippen molar-refractivity contribution in [2.75, 3.05) is 0 Å². The van der Waals surface area contributed by atoms with Crippen LogP contribution in [0.5, 0.6) is 0 Å². The monoisotopic (exact) mass is 129 g/mol. The van der Waals surface area contributed by atoms with Gasteiger partial charge in [-0.1, -0.05) is 0 Å². The van der Waals surface area contributed by atoms with Gasteiger partial charge in [0, 0.05) is 17.1 Å². The van der Waals surface area contributed by atoms with E-state index in [4.69, 9.17) is 8.60 Å². The molecule has 0 N–H and O–H groups in total. The molecule has 0 aromatic carbocycles. The van der Waals surface area contributed by atoms with Gasteiger partial charge >= 0.3 is 20.0 Å². The van der Waals surface area contributed by atoms with Crippen molar-refractivity contribution in [2.45, 2.75) is 0 Å². The topological polar surface area (TPSA) is 34.1 Å². The Balaban J connectivity index is -0.0000000133. The van der Waals surface area contributed by atoms with Gasteiger partial charge in [-0.3, -0.25) is 6.79 Å². The van der Waals surface area contributed by atoms with Gasteiger partial charge in [-0.25, -0.2) is 0 Å². The second-order valence-corrected chi connectivity index (χ2v) is 0. The van der Waals surface area contributed by atoms with Crippen molar-refractivity contribution in [3.05, 3.63) is 0 Å². The zero-order valence-electron chi connectivity index (χ0n) is 2.45. The van der Waals surface area contributed by atoms with Crippen molar-refractivity contribution in [2.24, 2.45) is 0 Å². The van der Waals surface area contributed by atoms with Gasteiger partial charge in [0.1, 0.15) is 0 Å². The average molecular weight is 129 g/mol. The van der Waals surface area contributed by atoms with Gasteiger partial charge in [-0.15, -0.1) is 0 Å². The van der Waals surface area contributed by atoms with Gasteiger partial charge in [0.15, 0.2) is 0 Å². The third-order valence-corrected chi connectivity index (χ3v) is 0. The van der Waals surface area contributed by atoms with Crippen molar-refractivity contribution in [1.82, 2.24) is 0 Å². The molecule has 30 valence electrons. The van der Waals surface area contributed by atoms with E-state index < -0.39 is 0 Å². The van der Waals surface area contributed by atoms with E-state index in [2.05, 4.69) is 6.79 Å². The molecule has 2 nitrogen and oxygen atoms in total. The standard InChI is InChI=1S/CHO.Al.Fe.O.H/c1-2;;;;/h1H;;;;/q-1;;;;. The molecule has 0 bridgehead atoms. The van der Waals surface area contributed by atoms with Crippen LogP contribution in [0.2, 0.25) is 0 Å². The van der Waals surface area contributed by atoms with Crippen molar-refractivity contribution >= 4 is 23.0 Å². The zero-order valence-corrected chi connectivity index (χ0v) is 4.97. The van der Waals surface area contributed by atoms with Crippen molar-refractivity contribution < 1.29 is 25.7 Å². The summed E-state index contributed by atoms with van der Waals surface area (Å²) in [5.41, 5.74) is 0. The van der Waals surface area contributed by atoms with Crippen LogP contribution in [-0.4, -0.2) is 23.0 Å². The van der Waals surface area contributed by atoms with Crippen LogP contribution in [-0.2, 0) is 25.7 Å². The van der Waals surface area contributed by atoms with Crippen LogP contribution in [0.4, 0.5) is 0 Å². The number of carbonyl (C=O) groups excluding carboxylic acids is 1. The van der Waals surface area contributed by atoms with Gasteiger partial charge in [-0.05, 0) is 0 Å². The van der Waals surface area contributed by atoms with Gasteiger partial charge in [0.2, 0.25) is 0 Å². The first kappa shape index (κ1) is 17.8. The van der Waals surface area contributed by atoms with Crippen LogP contribution in [0.3, 0.4) is 0 Å². The van der Waals surface area contributed by atoms with Crippen LogP contribution in [0.1, 0.15) is 0 Å². The van der Waals surface area contributed by atoms with Crippen molar-refractivity contribution in [1.29, 1.82) is 0 Å². The first-order valence-electron chi connectivity index (χ1n) is 0.524.